The molecule has 23 heavy (non-hydrogen) atoms. The molecule has 2 N–H and O–H groups in total. The van der Waals surface area contributed by atoms with Crippen LogP contribution < -0.4 is 5.32 Å². The van der Waals surface area contributed by atoms with Gasteiger partial charge in [0.05, 0.1) is 18.8 Å². The molecule has 2 aliphatic heterocycles. The SMILES string of the molecule is C[C@]1(Cl)C(=O)NC(=O)N([C@H]2C[C@H](N=[N+]=[N-])[C@@H](CO)O2)[C@@H]1N=[N+]=[N-]. The van der Waals surface area contributed by atoms with Gasteiger partial charge in [0.25, 0.3) is 5.91 Å². The van der Waals surface area contributed by atoms with Crippen molar-refractivity contribution in [3.8, 4) is 0 Å². The summed E-state index contributed by atoms with van der Waals surface area (Å²) in [6, 6.07) is -1.57. The minimum atomic E-state index is -1.70. The Balaban J connectivity index is 2.35. The minimum Gasteiger partial charge on any atom is -0.394 e. The Morgan fingerprint density at radius 2 is 2.13 bits per heavy atom. The minimum absolute atomic E-state index is 0.0569. The standard InChI is InChI=1S/C10H13ClN8O4/c1-10(11)7(16-18-13)19(9(22)14-8(10)21)6-2-4(15-17-12)5(3-20)23-6/h4-7,20H,2-3H2,1H3,(H,14,21,22)/t4-,5+,6+,7-,10+/m0/s1. The predicted octanol–water partition coefficient (Wildman–Crippen LogP) is 0.958. The third-order valence-electron chi connectivity index (χ3n) is 3.70. The van der Waals surface area contributed by atoms with E-state index in [1.165, 1.54) is 6.92 Å². The summed E-state index contributed by atoms with van der Waals surface area (Å²) in [6.45, 7) is 0.866. The molecule has 2 rings (SSSR count). The van der Waals surface area contributed by atoms with Gasteiger partial charge in [-0.2, -0.15) is 0 Å². The Morgan fingerprint density at radius 1 is 1.48 bits per heavy atom. The van der Waals surface area contributed by atoms with Crippen LogP contribution in [0.1, 0.15) is 13.3 Å². The fraction of sp³-hybridized carbons (Fsp3) is 0.800. The monoisotopic (exact) mass is 344 g/mol. The quantitative estimate of drug-likeness (QED) is 0.334. The fourth-order valence-electron chi connectivity index (χ4n) is 2.51. The van der Waals surface area contributed by atoms with E-state index in [4.69, 9.17) is 27.4 Å². The van der Waals surface area contributed by atoms with E-state index in [2.05, 4.69) is 25.4 Å². The number of alkyl halides is 1. The molecule has 2 saturated heterocycles. The van der Waals surface area contributed by atoms with Gasteiger partial charge in [-0.3, -0.25) is 15.0 Å². The molecule has 3 amide bonds. The average molecular weight is 345 g/mol. The fourth-order valence-corrected chi connectivity index (χ4v) is 2.71. The number of hydrogen-bond acceptors (Lipinski definition) is 6. The lowest BCUT2D eigenvalue weighted by Crippen LogP contribution is -2.68. The largest absolute Gasteiger partial charge is 0.394 e. The molecule has 2 fully saturated rings. The van der Waals surface area contributed by atoms with Crippen LogP contribution in [0.4, 0.5) is 4.79 Å². The van der Waals surface area contributed by atoms with E-state index in [0.29, 0.717) is 0 Å². The number of urea groups is 1. The van der Waals surface area contributed by atoms with E-state index >= 15 is 0 Å². The van der Waals surface area contributed by atoms with Crippen LogP contribution in [0, 0.1) is 0 Å². The predicted molar refractivity (Wildman–Crippen MR) is 75.9 cm³/mol. The highest BCUT2D eigenvalue weighted by atomic mass is 35.5. The zero-order valence-electron chi connectivity index (χ0n) is 11.9. The van der Waals surface area contributed by atoms with Gasteiger partial charge in [-0.15, -0.1) is 11.6 Å². The molecule has 124 valence electrons. The Kier molecular flexibility index (Phi) is 4.83. The number of rotatable bonds is 4. The zero-order chi connectivity index (χ0) is 17.2. The molecule has 2 aliphatic rings. The molecule has 2 heterocycles. The molecule has 0 aromatic carbocycles. The molecule has 0 aliphatic carbocycles. The molecule has 0 unspecified atom stereocenters. The van der Waals surface area contributed by atoms with Crippen molar-refractivity contribution < 1.29 is 19.4 Å². The number of ether oxygens (including phenoxy) is 1. The molecule has 5 atom stereocenters. The van der Waals surface area contributed by atoms with Crippen LogP contribution in [0.3, 0.4) is 0 Å². The summed E-state index contributed by atoms with van der Waals surface area (Å²) >= 11 is 6.12. The zero-order valence-corrected chi connectivity index (χ0v) is 12.7. The number of halogens is 1. The molecule has 0 radical (unpaired) electrons. The maximum absolute atomic E-state index is 12.1. The number of aliphatic hydroxyl groups excluding tert-OH is 1. The number of nitrogens with one attached hydrogen (secondary N) is 1. The van der Waals surface area contributed by atoms with Crippen molar-refractivity contribution in [2.24, 2.45) is 10.2 Å². The molecule has 0 aromatic heterocycles. The second-order valence-corrected chi connectivity index (χ2v) is 5.93. The summed E-state index contributed by atoms with van der Waals surface area (Å²) < 4.78 is 5.49. The summed E-state index contributed by atoms with van der Waals surface area (Å²) in [7, 11) is 0. The Bertz CT molecular complexity index is 614. The third kappa shape index (κ3) is 2.98. The van der Waals surface area contributed by atoms with E-state index in [9.17, 15) is 14.7 Å². The molecule has 13 heteroatoms. The maximum atomic E-state index is 12.1. The average Bonchev–Trinajstić information content (AvgIpc) is 2.88. The number of amides is 3. The van der Waals surface area contributed by atoms with Crippen LogP contribution in [-0.4, -0.2) is 58.0 Å². The first-order chi connectivity index (χ1) is 10.9. The van der Waals surface area contributed by atoms with Gasteiger partial charge in [0.2, 0.25) is 0 Å². The van der Waals surface area contributed by atoms with Crippen molar-refractivity contribution in [1.82, 2.24) is 10.2 Å². The lowest BCUT2D eigenvalue weighted by molar-refractivity contribution is -0.130. The van der Waals surface area contributed by atoms with Crippen LogP contribution >= 0.6 is 11.6 Å². The van der Waals surface area contributed by atoms with Crippen molar-refractivity contribution >= 4 is 23.5 Å². The van der Waals surface area contributed by atoms with Gasteiger partial charge in [-0.1, -0.05) is 10.2 Å². The third-order valence-corrected chi connectivity index (χ3v) is 4.07. The van der Waals surface area contributed by atoms with Gasteiger partial charge in [0.1, 0.15) is 17.3 Å². The highest BCUT2D eigenvalue weighted by molar-refractivity contribution is 6.37. The first kappa shape index (κ1) is 17.1. The number of imide groups is 1. The second kappa shape index (κ2) is 6.49. The lowest BCUT2D eigenvalue weighted by Gasteiger charge is -2.43. The van der Waals surface area contributed by atoms with Crippen LogP contribution in [-0.2, 0) is 9.53 Å². The van der Waals surface area contributed by atoms with Gasteiger partial charge < -0.3 is 9.84 Å². The number of azide groups is 2. The molecule has 0 bridgehead atoms. The van der Waals surface area contributed by atoms with Crippen LogP contribution in [0.5, 0.6) is 0 Å². The Hall–Kier alpha value is -2.23. The number of aliphatic hydroxyl groups is 1. The maximum Gasteiger partial charge on any atom is 0.326 e. The van der Waals surface area contributed by atoms with Crippen LogP contribution in [0.15, 0.2) is 10.2 Å². The summed E-state index contributed by atoms with van der Waals surface area (Å²) in [6.07, 6.45) is -3.09. The smallest absolute Gasteiger partial charge is 0.326 e. The van der Waals surface area contributed by atoms with Crippen molar-refractivity contribution in [3.63, 3.8) is 0 Å². The molecule has 12 nitrogen and oxygen atoms in total. The molecule has 0 spiro atoms. The van der Waals surface area contributed by atoms with Gasteiger partial charge in [-0.25, -0.2) is 4.79 Å². The van der Waals surface area contributed by atoms with Crippen LogP contribution in [0.2, 0.25) is 0 Å². The Labute approximate surface area is 134 Å². The number of carbonyl (C=O) groups excluding carboxylic acids is 2. The van der Waals surface area contributed by atoms with Crippen molar-refractivity contribution in [3.05, 3.63) is 20.9 Å². The van der Waals surface area contributed by atoms with E-state index in [1.807, 2.05) is 0 Å². The van der Waals surface area contributed by atoms with Gasteiger partial charge in [0.15, 0.2) is 0 Å². The first-order valence-corrected chi connectivity index (χ1v) is 6.92. The molecule has 0 aromatic rings. The number of carbonyl (C=O) groups is 2. The van der Waals surface area contributed by atoms with Crippen molar-refractivity contribution in [2.75, 3.05) is 6.61 Å². The number of nitrogens with zero attached hydrogens (tertiary/aromatic N) is 7. The summed E-state index contributed by atoms with van der Waals surface area (Å²) in [5.41, 5.74) is 17.2. The van der Waals surface area contributed by atoms with E-state index in [-0.39, 0.29) is 6.42 Å². The molecular weight excluding hydrogens is 332 g/mol. The molecular formula is C10H13ClN8O4. The van der Waals surface area contributed by atoms with E-state index < -0.39 is 48.0 Å². The van der Waals surface area contributed by atoms with Crippen molar-refractivity contribution in [1.29, 1.82) is 0 Å². The van der Waals surface area contributed by atoms with Gasteiger partial charge >= 0.3 is 6.03 Å². The second-order valence-electron chi connectivity index (χ2n) is 5.14. The highest BCUT2D eigenvalue weighted by Crippen LogP contribution is 2.35. The van der Waals surface area contributed by atoms with Crippen LogP contribution in [0.25, 0.3) is 20.9 Å². The summed E-state index contributed by atoms with van der Waals surface area (Å²) in [5, 5.41) is 18.3. The van der Waals surface area contributed by atoms with Crippen molar-refractivity contribution in [2.45, 2.75) is 42.8 Å². The van der Waals surface area contributed by atoms with E-state index in [1.54, 1.807) is 0 Å². The van der Waals surface area contributed by atoms with Gasteiger partial charge in [0, 0.05) is 16.2 Å². The number of hydrogen-bond donors (Lipinski definition) is 2. The first-order valence-electron chi connectivity index (χ1n) is 6.54. The van der Waals surface area contributed by atoms with E-state index in [0.717, 1.165) is 4.90 Å². The van der Waals surface area contributed by atoms with Gasteiger partial charge in [-0.05, 0) is 18.0 Å². The summed E-state index contributed by atoms with van der Waals surface area (Å²) in [5.74, 6) is -0.805. The normalized spacial score (nSPS) is 36.9. The lowest BCUT2D eigenvalue weighted by atomic mass is 10.0. The molecule has 0 saturated carbocycles. The topological polar surface area (TPSA) is 176 Å². The summed E-state index contributed by atoms with van der Waals surface area (Å²) in [4.78, 5) is 28.5. The Morgan fingerprint density at radius 3 is 2.70 bits per heavy atom. The highest BCUT2D eigenvalue weighted by Gasteiger charge is 2.53.